The van der Waals surface area contributed by atoms with Gasteiger partial charge in [0.15, 0.2) is 5.13 Å². The van der Waals surface area contributed by atoms with Gasteiger partial charge in [-0.15, -0.1) is 11.3 Å². The van der Waals surface area contributed by atoms with Gasteiger partial charge in [-0.3, -0.25) is 5.32 Å². The van der Waals surface area contributed by atoms with E-state index in [1.54, 1.807) is 7.11 Å². The minimum Gasteiger partial charge on any atom is -0.496 e. The third-order valence-corrected chi connectivity index (χ3v) is 4.86. The molecule has 1 heterocycles. The molecule has 2 N–H and O–H groups in total. The van der Waals surface area contributed by atoms with E-state index in [1.807, 2.05) is 30.5 Å². The summed E-state index contributed by atoms with van der Waals surface area (Å²) in [4.78, 5) is 16.5. The summed E-state index contributed by atoms with van der Waals surface area (Å²) in [5.41, 5.74) is 2.94. The SMILES string of the molecule is COc1ccc(-c2csc(NC(=O)NC3CCCC3)n2)cc1C. The Morgan fingerprint density at radius 1 is 1.35 bits per heavy atom. The van der Waals surface area contributed by atoms with Crippen molar-refractivity contribution in [3.8, 4) is 17.0 Å². The highest BCUT2D eigenvalue weighted by Gasteiger charge is 2.17. The summed E-state index contributed by atoms with van der Waals surface area (Å²) < 4.78 is 5.27. The van der Waals surface area contributed by atoms with Crippen LogP contribution in [0.1, 0.15) is 31.2 Å². The first-order valence-corrected chi connectivity index (χ1v) is 8.72. The smallest absolute Gasteiger partial charge is 0.321 e. The summed E-state index contributed by atoms with van der Waals surface area (Å²) in [5, 5.41) is 8.40. The first-order chi connectivity index (χ1) is 11.2. The fourth-order valence-electron chi connectivity index (χ4n) is 2.89. The molecule has 0 radical (unpaired) electrons. The Kier molecular flexibility index (Phi) is 4.81. The molecule has 0 bridgehead atoms. The van der Waals surface area contributed by atoms with Crippen molar-refractivity contribution in [2.75, 3.05) is 12.4 Å². The minimum atomic E-state index is -0.163. The number of urea groups is 1. The molecule has 6 heteroatoms. The maximum absolute atomic E-state index is 12.0. The van der Waals surface area contributed by atoms with E-state index in [0.717, 1.165) is 35.4 Å². The topological polar surface area (TPSA) is 63.2 Å². The quantitative estimate of drug-likeness (QED) is 0.883. The average molecular weight is 331 g/mol. The molecule has 1 aliphatic carbocycles. The van der Waals surface area contributed by atoms with Crippen molar-refractivity contribution in [1.82, 2.24) is 10.3 Å². The maximum Gasteiger partial charge on any atom is 0.321 e. The summed E-state index contributed by atoms with van der Waals surface area (Å²) >= 11 is 1.43. The van der Waals surface area contributed by atoms with Crippen LogP contribution in [0.5, 0.6) is 5.75 Å². The Morgan fingerprint density at radius 2 is 2.13 bits per heavy atom. The number of aryl methyl sites for hydroxylation is 1. The molecule has 1 aromatic heterocycles. The Morgan fingerprint density at radius 3 is 2.83 bits per heavy atom. The Labute approximate surface area is 140 Å². The van der Waals surface area contributed by atoms with Crippen LogP contribution in [0.25, 0.3) is 11.3 Å². The molecule has 2 aromatic rings. The van der Waals surface area contributed by atoms with Crippen LogP contribution in [0.15, 0.2) is 23.6 Å². The predicted octanol–water partition coefficient (Wildman–Crippen LogP) is 4.19. The molecular weight excluding hydrogens is 310 g/mol. The lowest BCUT2D eigenvalue weighted by Gasteiger charge is -2.11. The lowest BCUT2D eigenvalue weighted by molar-refractivity contribution is 0.248. The van der Waals surface area contributed by atoms with E-state index >= 15 is 0 Å². The molecule has 122 valence electrons. The highest BCUT2D eigenvalue weighted by molar-refractivity contribution is 7.14. The van der Waals surface area contributed by atoms with Gasteiger partial charge >= 0.3 is 6.03 Å². The van der Waals surface area contributed by atoms with Gasteiger partial charge in [0.1, 0.15) is 5.75 Å². The number of aromatic nitrogens is 1. The molecule has 0 saturated heterocycles. The van der Waals surface area contributed by atoms with Gasteiger partial charge < -0.3 is 10.1 Å². The molecule has 2 amide bonds. The van der Waals surface area contributed by atoms with E-state index < -0.39 is 0 Å². The molecule has 3 rings (SSSR count). The number of carbonyl (C=O) groups is 1. The molecule has 5 nitrogen and oxygen atoms in total. The normalized spacial score (nSPS) is 14.7. The second-order valence-electron chi connectivity index (χ2n) is 5.80. The van der Waals surface area contributed by atoms with Crippen LogP contribution in [-0.2, 0) is 0 Å². The number of hydrogen-bond acceptors (Lipinski definition) is 4. The molecule has 1 aliphatic rings. The lowest BCUT2D eigenvalue weighted by Crippen LogP contribution is -2.36. The molecular formula is C17H21N3O2S. The highest BCUT2D eigenvalue weighted by Crippen LogP contribution is 2.28. The number of carbonyl (C=O) groups excluding carboxylic acids is 1. The maximum atomic E-state index is 12.0. The molecule has 1 saturated carbocycles. The fraction of sp³-hybridized carbons (Fsp3) is 0.412. The van der Waals surface area contributed by atoms with Crippen LogP contribution in [0.3, 0.4) is 0 Å². The molecule has 0 spiro atoms. The van der Waals surface area contributed by atoms with Gasteiger partial charge in [-0.1, -0.05) is 12.8 Å². The number of amides is 2. The van der Waals surface area contributed by atoms with E-state index in [1.165, 1.54) is 24.2 Å². The number of ether oxygens (including phenoxy) is 1. The van der Waals surface area contributed by atoms with Crippen molar-refractivity contribution >= 4 is 22.5 Å². The van der Waals surface area contributed by atoms with Crippen molar-refractivity contribution in [2.24, 2.45) is 0 Å². The molecule has 1 aromatic carbocycles. The second-order valence-corrected chi connectivity index (χ2v) is 6.66. The number of rotatable bonds is 4. The van der Waals surface area contributed by atoms with Gasteiger partial charge in [0.25, 0.3) is 0 Å². The third-order valence-electron chi connectivity index (χ3n) is 4.11. The van der Waals surface area contributed by atoms with Gasteiger partial charge in [-0.05, 0) is 43.5 Å². The van der Waals surface area contributed by atoms with Crippen LogP contribution >= 0.6 is 11.3 Å². The standard InChI is InChI=1S/C17H21N3O2S/c1-11-9-12(7-8-15(11)22-2)14-10-23-17(19-14)20-16(21)18-13-5-3-4-6-13/h7-10,13H,3-6H2,1-2H3,(H2,18,19,20,21). The molecule has 0 unspecified atom stereocenters. The van der Waals surface area contributed by atoms with Crippen molar-refractivity contribution in [3.63, 3.8) is 0 Å². The van der Waals surface area contributed by atoms with Crippen LogP contribution in [-0.4, -0.2) is 24.2 Å². The zero-order valence-corrected chi connectivity index (χ0v) is 14.2. The third kappa shape index (κ3) is 3.82. The number of benzene rings is 1. The highest BCUT2D eigenvalue weighted by atomic mass is 32.1. The zero-order valence-electron chi connectivity index (χ0n) is 13.4. The van der Waals surface area contributed by atoms with Crippen molar-refractivity contribution < 1.29 is 9.53 Å². The zero-order chi connectivity index (χ0) is 16.2. The largest absolute Gasteiger partial charge is 0.496 e. The lowest BCUT2D eigenvalue weighted by atomic mass is 10.1. The number of hydrogen-bond donors (Lipinski definition) is 2. The van der Waals surface area contributed by atoms with Gasteiger partial charge in [0, 0.05) is 17.0 Å². The monoisotopic (exact) mass is 331 g/mol. The summed E-state index contributed by atoms with van der Waals surface area (Å²) in [6.07, 6.45) is 4.54. The van der Waals surface area contributed by atoms with E-state index in [4.69, 9.17) is 4.74 Å². The molecule has 1 fully saturated rings. The molecule has 0 atom stereocenters. The summed E-state index contributed by atoms with van der Waals surface area (Å²) in [6, 6.07) is 6.09. The van der Waals surface area contributed by atoms with Crippen molar-refractivity contribution in [1.29, 1.82) is 0 Å². The van der Waals surface area contributed by atoms with Gasteiger partial charge in [0.2, 0.25) is 0 Å². The van der Waals surface area contributed by atoms with Crippen LogP contribution in [0.2, 0.25) is 0 Å². The Hall–Kier alpha value is -2.08. The molecule has 23 heavy (non-hydrogen) atoms. The summed E-state index contributed by atoms with van der Waals surface area (Å²) in [6.45, 7) is 2.00. The van der Waals surface area contributed by atoms with E-state index in [9.17, 15) is 4.79 Å². The summed E-state index contributed by atoms with van der Waals surface area (Å²) in [5.74, 6) is 0.860. The average Bonchev–Trinajstić information content (AvgIpc) is 3.19. The van der Waals surface area contributed by atoms with Crippen molar-refractivity contribution in [3.05, 3.63) is 29.1 Å². The Balaban J connectivity index is 1.65. The predicted molar refractivity (Wildman–Crippen MR) is 93.2 cm³/mol. The van der Waals surface area contributed by atoms with Gasteiger partial charge in [0.05, 0.1) is 12.8 Å². The number of nitrogens with zero attached hydrogens (tertiary/aromatic N) is 1. The van der Waals surface area contributed by atoms with E-state index in [-0.39, 0.29) is 6.03 Å². The van der Waals surface area contributed by atoms with E-state index in [2.05, 4.69) is 15.6 Å². The fourth-order valence-corrected chi connectivity index (χ4v) is 3.60. The first-order valence-electron chi connectivity index (χ1n) is 7.84. The van der Waals surface area contributed by atoms with Crippen LogP contribution in [0, 0.1) is 6.92 Å². The number of anilines is 1. The summed E-state index contributed by atoms with van der Waals surface area (Å²) in [7, 11) is 1.66. The first kappa shape index (κ1) is 15.8. The van der Waals surface area contributed by atoms with Gasteiger partial charge in [-0.2, -0.15) is 0 Å². The minimum absolute atomic E-state index is 0.163. The number of nitrogens with one attached hydrogen (secondary N) is 2. The van der Waals surface area contributed by atoms with Gasteiger partial charge in [-0.25, -0.2) is 9.78 Å². The van der Waals surface area contributed by atoms with Crippen LogP contribution in [0.4, 0.5) is 9.93 Å². The van der Waals surface area contributed by atoms with Crippen molar-refractivity contribution in [2.45, 2.75) is 38.6 Å². The number of thiazole rings is 1. The van der Waals surface area contributed by atoms with Crippen LogP contribution < -0.4 is 15.4 Å². The second kappa shape index (κ2) is 7.00. The van der Waals surface area contributed by atoms with E-state index in [0.29, 0.717) is 11.2 Å². The Bertz CT molecular complexity index is 693. The molecule has 0 aliphatic heterocycles. The number of methoxy groups -OCH3 is 1.